The van der Waals surface area contributed by atoms with Crippen LogP contribution in [-0.2, 0) is 15.6 Å². The average molecular weight is 820 g/mol. The third-order valence-electron chi connectivity index (χ3n) is 12.4. The summed E-state index contributed by atoms with van der Waals surface area (Å²) in [7, 11) is -1.37. The molecular formula is C40H56BrFN2O8Si. The number of aliphatic hydroxyl groups excluding tert-OH is 1. The lowest BCUT2D eigenvalue weighted by Crippen LogP contribution is -2.65. The van der Waals surface area contributed by atoms with Crippen molar-refractivity contribution in [2.45, 2.75) is 129 Å². The molecule has 1 aliphatic heterocycles. The number of nitrogens with zero attached hydrogens (tertiary/aromatic N) is 2. The van der Waals surface area contributed by atoms with Gasteiger partial charge in [-0.25, -0.2) is 4.39 Å². The van der Waals surface area contributed by atoms with Crippen molar-refractivity contribution in [3.8, 4) is 11.6 Å². The average Bonchev–Trinajstić information content (AvgIpc) is 3.78. The normalized spacial score (nSPS) is 25.2. The lowest BCUT2D eigenvalue weighted by atomic mass is 9.58. The van der Waals surface area contributed by atoms with Crippen LogP contribution in [0.4, 0.5) is 4.39 Å². The Labute approximate surface area is 322 Å². The van der Waals surface area contributed by atoms with E-state index in [4.69, 9.17) is 23.2 Å². The van der Waals surface area contributed by atoms with Crippen molar-refractivity contribution < 1.29 is 42.2 Å². The third-order valence-corrected chi connectivity index (χ3v) is 17.6. The number of benzene rings is 1. The minimum Gasteiger partial charge on any atom is -0.508 e. The van der Waals surface area contributed by atoms with Crippen molar-refractivity contribution in [3.63, 3.8) is 0 Å². The maximum absolute atomic E-state index is 16.8. The van der Waals surface area contributed by atoms with Crippen LogP contribution in [0.5, 0.6) is 11.6 Å². The molecule has 1 N–H and O–H groups in total. The Morgan fingerprint density at radius 3 is 2.34 bits per heavy atom. The molecule has 5 atom stereocenters. The maximum Gasteiger partial charge on any atom is 0.265 e. The lowest BCUT2D eigenvalue weighted by Gasteiger charge is -2.55. The number of Topliss-reactive ketones (excluding diaryl/α,β-unsaturated/α-hetero) is 2. The summed E-state index contributed by atoms with van der Waals surface area (Å²) in [5, 5.41) is 16.9. The Morgan fingerprint density at radius 1 is 1.09 bits per heavy atom. The second-order valence-electron chi connectivity index (χ2n) is 16.7. The molecule has 0 amide bonds. The topological polar surface area (TPSA) is 121 Å². The molecular weight excluding hydrogens is 763 g/mol. The van der Waals surface area contributed by atoms with Crippen molar-refractivity contribution in [3.05, 3.63) is 49.6 Å². The summed E-state index contributed by atoms with van der Waals surface area (Å²) < 4.78 is 48.5. The molecule has 292 valence electrons. The number of halogens is 2. The molecule has 6 rings (SSSR count). The zero-order valence-corrected chi connectivity index (χ0v) is 35.3. The largest absolute Gasteiger partial charge is 0.508 e. The molecule has 1 aromatic carbocycles. The SMILES string of the molecule is CCCCOc1noc2c1C(=O)[C@@]1(O[Si](C)(C)C(C)(C)C)C(O)=C3C(=O)c4c(c(F)c(C(C)OC)c(Br)c4OCCCC)C[C@H]3C[C@H]1[C@@H]2N1CCCC1. The van der Waals surface area contributed by atoms with Crippen LogP contribution in [0.2, 0.25) is 18.1 Å². The molecule has 1 saturated heterocycles. The summed E-state index contributed by atoms with van der Waals surface area (Å²) in [6.45, 7) is 18.3. The Bertz CT molecular complexity index is 1780. The van der Waals surface area contributed by atoms with E-state index in [2.05, 4.69) is 53.7 Å². The first-order valence-electron chi connectivity index (χ1n) is 19.4. The fourth-order valence-electron chi connectivity index (χ4n) is 8.39. The summed E-state index contributed by atoms with van der Waals surface area (Å²) in [6, 6.07) is -0.502. The van der Waals surface area contributed by atoms with Crippen LogP contribution in [0.1, 0.15) is 136 Å². The van der Waals surface area contributed by atoms with Gasteiger partial charge >= 0.3 is 0 Å². The van der Waals surface area contributed by atoms with Gasteiger partial charge < -0.3 is 28.3 Å². The number of fused-ring (bicyclic) bond motifs is 4. The summed E-state index contributed by atoms with van der Waals surface area (Å²) in [5.41, 5.74) is -1.12. The van der Waals surface area contributed by atoms with E-state index in [-0.39, 0.29) is 57.3 Å². The van der Waals surface area contributed by atoms with Gasteiger partial charge in [-0.2, -0.15) is 0 Å². The van der Waals surface area contributed by atoms with Gasteiger partial charge in [0.15, 0.2) is 25.5 Å². The van der Waals surface area contributed by atoms with Crippen LogP contribution in [-0.4, -0.2) is 74.1 Å². The molecule has 1 unspecified atom stereocenters. The van der Waals surface area contributed by atoms with Gasteiger partial charge in [0, 0.05) is 29.7 Å². The smallest absolute Gasteiger partial charge is 0.265 e. The Morgan fingerprint density at radius 2 is 1.74 bits per heavy atom. The first-order valence-corrected chi connectivity index (χ1v) is 23.1. The van der Waals surface area contributed by atoms with Crippen molar-refractivity contribution in [1.82, 2.24) is 10.1 Å². The summed E-state index contributed by atoms with van der Waals surface area (Å²) >= 11 is 3.58. The number of carbonyl (C=O) groups excluding carboxylic acids is 2. The highest BCUT2D eigenvalue weighted by Crippen LogP contribution is 2.61. The van der Waals surface area contributed by atoms with Crippen LogP contribution in [0.25, 0.3) is 0 Å². The molecule has 2 aromatic rings. The van der Waals surface area contributed by atoms with Gasteiger partial charge in [0.05, 0.1) is 35.4 Å². The third kappa shape index (κ3) is 6.53. The van der Waals surface area contributed by atoms with E-state index >= 15 is 14.0 Å². The molecule has 53 heavy (non-hydrogen) atoms. The van der Waals surface area contributed by atoms with Crippen molar-refractivity contribution in [2.75, 3.05) is 33.4 Å². The van der Waals surface area contributed by atoms with E-state index in [9.17, 15) is 5.11 Å². The van der Waals surface area contributed by atoms with E-state index in [1.807, 2.05) is 20.0 Å². The number of unbranched alkanes of at least 4 members (excludes halogenated alkanes) is 2. The van der Waals surface area contributed by atoms with E-state index in [1.165, 1.54) is 7.11 Å². The molecule has 2 heterocycles. The zero-order chi connectivity index (χ0) is 38.6. The van der Waals surface area contributed by atoms with Gasteiger partial charge in [0.25, 0.3) is 5.88 Å². The first-order chi connectivity index (χ1) is 25.1. The maximum atomic E-state index is 16.8. The molecule has 0 radical (unpaired) electrons. The second-order valence-corrected chi connectivity index (χ2v) is 22.2. The van der Waals surface area contributed by atoms with E-state index in [0.29, 0.717) is 23.4 Å². The number of rotatable bonds is 13. The molecule has 4 aliphatic rings. The van der Waals surface area contributed by atoms with Crippen LogP contribution >= 0.6 is 15.9 Å². The molecule has 10 nitrogen and oxygen atoms in total. The zero-order valence-electron chi connectivity index (χ0n) is 32.7. The number of carbonyl (C=O) groups is 2. The van der Waals surface area contributed by atoms with E-state index < -0.39 is 61.0 Å². The van der Waals surface area contributed by atoms with Crippen LogP contribution in [0, 0.1) is 17.7 Å². The predicted octanol–water partition coefficient (Wildman–Crippen LogP) is 9.62. The minimum absolute atomic E-state index is 0.0601. The van der Waals surface area contributed by atoms with E-state index in [1.54, 1.807) is 6.92 Å². The predicted molar refractivity (Wildman–Crippen MR) is 205 cm³/mol. The highest BCUT2D eigenvalue weighted by molar-refractivity contribution is 9.10. The Hall–Kier alpha value is -2.58. The van der Waals surface area contributed by atoms with Crippen molar-refractivity contribution in [1.29, 1.82) is 0 Å². The molecule has 0 bridgehead atoms. The number of allylic oxidation sites excluding steroid dienone is 1. The number of hydrogen-bond donors (Lipinski definition) is 1. The van der Waals surface area contributed by atoms with Gasteiger partial charge in [0.1, 0.15) is 22.9 Å². The van der Waals surface area contributed by atoms with Crippen molar-refractivity contribution >= 4 is 35.8 Å². The number of hydrogen-bond acceptors (Lipinski definition) is 10. The highest BCUT2D eigenvalue weighted by Gasteiger charge is 2.68. The number of likely N-dealkylation sites (tertiary alicyclic amines) is 1. The molecule has 3 aliphatic carbocycles. The lowest BCUT2D eigenvalue weighted by molar-refractivity contribution is -0.0523. The molecule has 1 aromatic heterocycles. The Balaban J connectivity index is 1.63. The fraction of sp³-hybridized carbons (Fsp3) is 0.675. The highest BCUT2D eigenvalue weighted by atomic mass is 79.9. The van der Waals surface area contributed by atoms with Gasteiger partial charge in [0.2, 0.25) is 5.78 Å². The quantitative estimate of drug-likeness (QED) is 0.155. The van der Waals surface area contributed by atoms with Gasteiger partial charge in [-0.3, -0.25) is 14.5 Å². The van der Waals surface area contributed by atoms with Crippen LogP contribution in [0.3, 0.4) is 0 Å². The molecule has 0 saturated carbocycles. The standard InChI is InChI=1S/C40H56BrFN2O8Si/c1-10-12-18-49-34-28-24(31(42)26(30(34)41)22(3)48-7)20-23-21-25-32(44-16-14-15-17-44)35-29(38(43-51-35)50-19-13-11-2)37(47)40(25,36(46)27(23)33(28)45)52-53(8,9)39(4,5)6/h22-23,25,32,46H,10-21H2,1-9H3/t22?,23-,25-,32-,40-/m0/s1. The van der Waals surface area contributed by atoms with Gasteiger partial charge in [-0.05, 0) is 104 Å². The van der Waals surface area contributed by atoms with E-state index in [0.717, 1.165) is 51.6 Å². The monoisotopic (exact) mass is 818 g/mol. The number of ketones is 2. The summed E-state index contributed by atoms with van der Waals surface area (Å²) in [5.74, 6) is -2.57. The summed E-state index contributed by atoms with van der Waals surface area (Å²) in [4.78, 5) is 32.9. The van der Waals surface area contributed by atoms with Gasteiger partial charge in [-0.1, -0.05) is 47.5 Å². The van der Waals surface area contributed by atoms with Crippen LogP contribution in [0.15, 0.2) is 20.3 Å². The van der Waals surface area contributed by atoms with Gasteiger partial charge in [-0.15, -0.1) is 0 Å². The second kappa shape index (κ2) is 15.2. The van der Waals surface area contributed by atoms with Crippen molar-refractivity contribution in [2.24, 2.45) is 11.8 Å². The fourth-order valence-corrected chi connectivity index (χ4v) is 10.6. The number of methoxy groups -OCH3 is 1. The number of aromatic nitrogens is 1. The molecule has 1 fully saturated rings. The molecule has 0 spiro atoms. The summed E-state index contributed by atoms with van der Waals surface area (Å²) in [6.07, 6.45) is 4.90. The number of ether oxygens (including phenoxy) is 3. The minimum atomic E-state index is -2.88. The molecule has 13 heteroatoms. The Kier molecular flexibility index (Phi) is 11.5. The van der Waals surface area contributed by atoms with Crippen LogP contribution < -0.4 is 9.47 Å². The number of aliphatic hydroxyl groups is 1. The first kappa shape index (κ1) is 40.1.